The van der Waals surface area contributed by atoms with Crippen molar-refractivity contribution < 1.29 is 14.7 Å². The molecule has 28 heavy (non-hydrogen) atoms. The van der Waals surface area contributed by atoms with Crippen molar-refractivity contribution >= 4 is 40.2 Å². The van der Waals surface area contributed by atoms with E-state index in [4.69, 9.17) is 10.1 Å². The number of hydrogen-bond acceptors (Lipinski definition) is 4. The van der Waals surface area contributed by atoms with Gasteiger partial charge in [0.05, 0.1) is 21.4 Å². The van der Waals surface area contributed by atoms with Gasteiger partial charge in [-0.05, 0) is 69.2 Å². The van der Waals surface area contributed by atoms with E-state index in [1.54, 1.807) is 12.1 Å². The summed E-state index contributed by atoms with van der Waals surface area (Å²) in [7, 11) is 0. The number of aromatic carboxylic acids is 1. The highest BCUT2D eigenvalue weighted by Gasteiger charge is 2.17. The number of carbonyl (C=O) groups is 2. The molecule has 0 saturated heterocycles. The average molecular weight is 394 g/mol. The number of benzene rings is 2. The second-order valence-electron chi connectivity index (χ2n) is 6.89. The van der Waals surface area contributed by atoms with Crippen LogP contribution in [-0.2, 0) is 4.79 Å². The van der Waals surface area contributed by atoms with Crippen molar-refractivity contribution in [2.45, 2.75) is 38.0 Å². The molecule has 2 aromatic carbocycles. The Kier molecular flexibility index (Phi) is 5.70. The molecule has 0 bridgehead atoms. The Balaban J connectivity index is 1.79. The molecule has 0 radical (unpaired) electrons. The maximum absolute atomic E-state index is 12.6. The van der Waals surface area contributed by atoms with Crippen LogP contribution in [0.15, 0.2) is 47.5 Å². The van der Waals surface area contributed by atoms with Crippen molar-refractivity contribution in [2.75, 3.05) is 5.32 Å². The molecular formula is C22H22N2O3S. The lowest BCUT2D eigenvalue weighted by Gasteiger charge is -2.14. The number of hydrogen-bond donors (Lipinski definition) is 2. The van der Waals surface area contributed by atoms with Crippen LogP contribution in [0.3, 0.4) is 0 Å². The number of anilines is 1. The molecule has 1 unspecified atom stereocenters. The van der Waals surface area contributed by atoms with E-state index in [2.05, 4.69) is 31.3 Å². The van der Waals surface area contributed by atoms with Crippen LogP contribution in [0.1, 0.15) is 34.0 Å². The summed E-state index contributed by atoms with van der Waals surface area (Å²) < 4.78 is 0. The maximum atomic E-state index is 12.6. The fraction of sp³-hybridized carbons (Fsp3) is 0.227. The quantitative estimate of drug-likeness (QED) is 0.597. The predicted octanol–water partition coefficient (Wildman–Crippen LogP) is 4.98. The van der Waals surface area contributed by atoms with Crippen LogP contribution in [0.4, 0.5) is 5.69 Å². The number of carboxylic acids is 1. The molecule has 0 fully saturated rings. The number of pyridine rings is 1. The zero-order chi connectivity index (χ0) is 20.4. The number of thioether (sulfide) groups is 1. The number of amides is 1. The highest BCUT2D eigenvalue weighted by atomic mass is 32.2. The molecule has 1 heterocycles. The second-order valence-corrected chi connectivity index (χ2v) is 8.25. The third-order valence-electron chi connectivity index (χ3n) is 4.48. The highest BCUT2D eigenvalue weighted by Crippen LogP contribution is 2.29. The van der Waals surface area contributed by atoms with E-state index in [-0.39, 0.29) is 16.7 Å². The van der Waals surface area contributed by atoms with Crippen molar-refractivity contribution in [3.8, 4) is 0 Å². The van der Waals surface area contributed by atoms with Crippen molar-refractivity contribution in [1.29, 1.82) is 0 Å². The Hall–Kier alpha value is -2.86. The maximum Gasteiger partial charge on any atom is 0.335 e. The number of nitrogens with one attached hydrogen (secondary N) is 1. The fourth-order valence-electron chi connectivity index (χ4n) is 3.08. The molecule has 1 amide bonds. The number of aromatic nitrogens is 1. The van der Waals surface area contributed by atoms with Crippen LogP contribution in [0.2, 0.25) is 0 Å². The summed E-state index contributed by atoms with van der Waals surface area (Å²) in [5, 5.41) is 13.4. The van der Waals surface area contributed by atoms with Gasteiger partial charge in [0.25, 0.3) is 0 Å². The van der Waals surface area contributed by atoms with Gasteiger partial charge < -0.3 is 10.4 Å². The van der Waals surface area contributed by atoms with Gasteiger partial charge in [-0.25, -0.2) is 9.78 Å². The Bertz CT molecular complexity index is 1080. The van der Waals surface area contributed by atoms with Crippen LogP contribution >= 0.6 is 11.8 Å². The SMILES string of the molecule is Cc1cc(C)c2nc(SC(C)C(=O)Nc3cccc(C(=O)O)c3)cc(C)c2c1. The summed E-state index contributed by atoms with van der Waals surface area (Å²) in [5.41, 5.74) is 4.99. The predicted molar refractivity (Wildman–Crippen MR) is 113 cm³/mol. The highest BCUT2D eigenvalue weighted by molar-refractivity contribution is 8.00. The second kappa shape index (κ2) is 8.02. The molecule has 1 atom stereocenters. The smallest absolute Gasteiger partial charge is 0.335 e. The van der Waals surface area contributed by atoms with Crippen molar-refractivity contribution in [3.63, 3.8) is 0 Å². The van der Waals surface area contributed by atoms with E-state index < -0.39 is 5.97 Å². The first kappa shape index (κ1) is 19.9. The van der Waals surface area contributed by atoms with Gasteiger partial charge in [-0.3, -0.25) is 4.79 Å². The minimum absolute atomic E-state index is 0.135. The van der Waals surface area contributed by atoms with Crippen LogP contribution in [-0.4, -0.2) is 27.2 Å². The zero-order valence-electron chi connectivity index (χ0n) is 16.2. The van der Waals surface area contributed by atoms with Crippen LogP contribution in [0.5, 0.6) is 0 Å². The minimum atomic E-state index is -1.03. The Labute approximate surface area is 168 Å². The first-order valence-electron chi connectivity index (χ1n) is 8.94. The molecule has 1 aromatic heterocycles. The Morgan fingerprint density at radius 3 is 2.54 bits per heavy atom. The molecule has 3 rings (SSSR count). The summed E-state index contributed by atoms with van der Waals surface area (Å²) >= 11 is 1.38. The third-order valence-corrected chi connectivity index (χ3v) is 5.49. The number of aryl methyl sites for hydroxylation is 3. The number of carboxylic acid groups (broad SMARTS) is 1. The van der Waals surface area contributed by atoms with E-state index in [0.717, 1.165) is 27.1 Å². The standard InChI is InChI=1S/C22H22N2O3S/c1-12-8-14(3)20-18(9-12)13(2)10-19(24-20)28-15(4)21(25)23-17-7-5-6-16(11-17)22(26)27/h5-11,15H,1-4H3,(H,23,25)(H,26,27). The van der Waals surface area contributed by atoms with Gasteiger partial charge in [-0.2, -0.15) is 0 Å². The Morgan fingerprint density at radius 1 is 1.07 bits per heavy atom. The molecule has 144 valence electrons. The van der Waals surface area contributed by atoms with E-state index in [9.17, 15) is 9.59 Å². The van der Waals surface area contributed by atoms with Gasteiger partial charge in [-0.1, -0.05) is 29.5 Å². The first-order chi connectivity index (χ1) is 13.2. The first-order valence-corrected chi connectivity index (χ1v) is 9.82. The lowest BCUT2D eigenvalue weighted by atomic mass is 10.0. The van der Waals surface area contributed by atoms with Crippen LogP contribution < -0.4 is 5.32 Å². The summed E-state index contributed by atoms with van der Waals surface area (Å²) in [6.07, 6.45) is 0. The lowest BCUT2D eigenvalue weighted by molar-refractivity contribution is -0.115. The molecule has 6 heteroatoms. The van der Waals surface area contributed by atoms with Crippen molar-refractivity contribution in [1.82, 2.24) is 4.98 Å². The van der Waals surface area contributed by atoms with E-state index in [0.29, 0.717) is 5.69 Å². The molecule has 0 spiro atoms. The van der Waals surface area contributed by atoms with Gasteiger partial charge in [0, 0.05) is 11.1 Å². The molecule has 0 aliphatic carbocycles. The van der Waals surface area contributed by atoms with Crippen molar-refractivity contribution in [3.05, 3.63) is 64.7 Å². The number of carbonyl (C=O) groups excluding carboxylic acids is 1. The Morgan fingerprint density at radius 2 is 1.82 bits per heavy atom. The van der Waals surface area contributed by atoms with Gasteiger partial charge >= 0.3 is 5.97 Å². The summed E-state index contributed by atoms with van der Waals surface area (Å²) in [6.45, 7) is 7.97. The van der Waals surface area contributed by atoms with E-state index in [1.165, 1.54) is 29.5 Å². The summed E-state index contributed by atoms with van der Waals surface area (Å²) in [6, 6.07) is 12.5. The van der Waals surface area contributed by atoms with Gasteiger partial charge in [0.15, 0.2) is 0 Å². The zero-order valence-corrected chi connectivity index (χ0v) is 17.1. The third kappa shape index (κ3) is 4.34. The van der Waals surface area contributed by atoms with E-state index >= 15 is 0 Å². The van der Waals surface area contributed by atoms with Crippen LogP contribution in [0, 0.1) is 20.8 Å². The molecule has 0 aliphatic rings. The minimum Gasteiger partial charge on any atom is -0.478 e. The normalized spacial score (nSPS) is 12.0. The molecular weight excluding hydrogens is 372 g/mol. The molecule has 5 nitrogen and oxygen atoms in total. The average Bonchev–Trinajstić information content (AvgIpc) is 2.63. The summed E-state index contributed by atoms with van der Waals surface area (Å²) in [5.74, 6) is -1.23. The number of fused-ring (bicyclic) bond motifs is 1. The largest absolute Gasteiger partial charge is 0.478 e. The number of rotatable bonds is 5. The molecule has 2 N–H and O–H groups in total. The monoisotopic (exact) mass is 394 g/mol. The number of nitrogens with zero attached hydrogens (tertiary/aromatic N) is 1. The molecule has 3 aromatic rings. The fourth-order valence-corrected chi connectivity index (χ4v) is 4.00. The van der Waals surface area contributed by atoms with Gasteiger partial charge in [-0.15, -0.1) is 0 Å². The van der Waals surface area contributed by atoms with Gasteiger partial charge in [0.1, 0.15) is 0 Å². The van der Waals surface area contributed by atoms with E-state index in [1.807, 2.05) is 19.9 Å². The van der Waals surface area contributed by atoms with Crippen LogP contribution in [0.25, 0.3) is 10.9 Å². The molecule has 0 aliphatic heterocycles. The molecule has 0 saturated carbocycles. The van der Waals surface area contributed by atoms with Gasteiger partial charge in [0.2, 0.25) is 5.91 Å². The lowest BCUT2D eigenvalue weighted by Crippen LogP contribution is -2.22. The van der Waals surface area contributed by atoms with Crippen molar-refractivity contribution in [2.24, 2.45) is 0 Å². The summed E-state index contributed by atoms with van der Waals surface area (Å²) in [4.78, 5) is 28.4. The topological polar surface area (TPSA) is 79.3 Å².